The number of carbonyl (C=O) groups is 2. The molecular formula is C30H53N3O6. The van der Waals surface area contributed by atoms with Gasteiger partial charge < -0.3 is 36.1 Å². The van der Waals surface area contributed by atoms with Crippen LogP contribution in [0.3, 0.4) is 0 Å². The second-order valence-corrected chi connectivity index (χ2v) is 11.2. The number of rotatable bonds is 20. The van der Waals surface area contributed by atoms with Crippen molar-refractivity contribution in [2.75, 3.05) is 27.4 Å². The van der Waals surface area contributed by atoms with Gasteiger partial charge in [-0.25, -0.2) is 0 Å². The van der Waals surface area contributed by atoms with Crippen LogP contribution in [0, 0.1) is 23.7 Å². The van der Waals surface area contributed by atoms with Crippen molar-refractivity contribution in [3.05, 3.63) is 23.8 Å². The Morgan fingerprint density at radius 3 is 2.26 bits per heavy atom. The molecule has 0 aliphatic heterocycles. The Balaban J connectivity index is 2.90. The fourth-order valence-corrected chi connectivity index (χ4v) is 4.72. The largest absolute Gasteiger partial charge is 0.493 e. The lowest BCUT2D eigenvalue weighted by molar-refractivity contribution is -0.132. The van der Waals surface area contributed by atoms with E-state index in [4.69, 9.17) is 25.7 Å². The van der Waals surface area contributed by atoms with Gasteiger partial charge in [0.15, 0.2) is 11.5 Å². The molecule has 0 radical (unpaired) electrons. The number of primary amides is 1. The molecule has 1 rings (SSSR count). The highest BCUT2D eigenvalue weighted by Gasteiger charge is 2.31. The lowest BCUT2D eigenvalue weighted by atomic mass is 9.80. The molecule has 0 bridgehead atoms. The molecule has 0 spiro atoms. The SMILES string of the molecule is CCC[C@H](NC(=O)[C@@H](C[C@H](O)[C@@H](N)C[C@H](Cc1ccc(OC)c(OCCCOC)c1)C(C)C)C(C)C)C(N)=O. The van der Waals surface area contributed by atoms with E-state index in [1.54, 1.807) is 14.2 Å². The zero-order valence-corrected chi connectivity index (χ0v) is 25.1. The van der Waals surface area contributed by atoms with E-state index in [9.17, 15) is 14.7 Å². The van der Waals surface area contributed by atoms with E-state index in [1.165, 1.54) is 0 Å². The minimum absolute atomic E-state index is 0.0375. The average molecular weight is 552 g/mol. The van der Waals surface area contributed by atoms with Crippen LogP contribution in [-0.4, -0.2) is 62.5 Å². The number of nitrogens with one attached hydrogen (secondary N) is 1. The number of hydrogen-bond acceptors (Lipinski definition) is 7. The van der Waals surface area contributed by atoms with Gasteiger partial charge in [0.05, 0.1) is 19.8 Å². The van der Waals surface area contributed by atoms with E-state index < -0.39 is 30.0 Å². The summed E-state index contributed by atoms with van der Waals surface area (Å²) in [7, 11) is 3.29. The van der Waals surface area contributed by atoms with Gasteiger partial charge in [0.25, 0.3) is 0 Å². The van der Waals surface area contributed by atoms with Gasteiger partial charge in [0, 0.05) is 32.1 Å². The minimum atomic E-state index is -0.863. The van der Waals surface area contributed by atoms with Crippen molar-refractivity contribution in [1.29, 1.82) is 0 Å². The van der Waals surface area contributed by atoms with Crippen molar-refractivity contribution >= 4 is 11.8 Å². The van der Waals surface area contributed by atoms with Gasteiger partial charge in [-0.3, -0.25) is 9.59 Å². The van der Waals surface area contributed by atoms with Crippen LogP contribution in [0.2, 0.25) is 0 Å². The average Bonchev–Trinajstić information content (AvgIpc) is 2.88. The van der Waals surface area contributed by atoms with Crippen LogP contribution in [0.5, 0.6) is 11.5 Å². The number of ether oxygens (including phenoxy) is 3. The molecule has 9 nitrogen and oxygen atoms in total. The number of carbonyl (C=O) groups excluding carboxylic acids is 2. The van der Waals surface area contributed by atoms with E-state index in [0.29, 0.717) is 43.5 Å². The Morgan fingerprint density at radius 1 is 1.03 bits per heavy atom. The van der Waals surface area contributed by atoms with Crippen molar-refractivity contribution in [2.24, 2.45) is 35.1 Å². The van der Waals surface area contributed by atoms with Crippen LogP contribution in [-0.2, 0) is 20.7 Å². The van der Waals surface area contributed by atoms with Crippen LogP contribution in [0.1, 0.15) is 72.3 Å². The Kier molecular flexibility index (Phi) is 16.1. The van der Waals surface area contributed by atoms with Crippen molar-refractivity contribution in [3.8, 4) is 11.5 Å². The molecule has 0 aliphatic rings. The molecule has 0 unspecified atom stereocenters. The van der Waals surface area contributed by atoms with Crippen LogP contribution in [0.25, 0.3) is 0 Å². The third kappa shape index (κ3) is 12.1. The number of benzene rings is 1. The first-order chi connectivity index (χ1) is 18.4. The molecule has 6 N–H and O–H groups in total. The van der Waals surface area contributed by atoms with Gasteiger partial charge in [-0.15, -0.1) is 0 Å². The molecule has 5 atom stereocenters. The fraction of sp³-hybridized carbons (Fsp3) is 0.733. The number of nitrogens with two attached hydrogens (primary N) is 2. The maximum atomic E-state index is 13.0. The number of aliphatic hydroxyl groups excluding tert-OH is 1. The zero-order valence-electron chi connectivity index (χ0n) is 25.1. The van der Waals surface area contributed by atoms with E-state index in [2.05, 4.69) is 19.2 Å². The quantitative estimate of drug-likeness (QED) is 0.182. The molecule has 0 aliphatic carbocycles. The maximum Gasteiger partial charge on any atom is 0.239 e. The Hall–Kier alpha value is -2.36. The highest BCUT2D eigenvalue weighted by atomic mass is 16.5. The zero-order chi connectivity index (χ0) is 29.5. The van der Waals surface area contributed by atoms with Gasteiger partial charge >= 0.3 is 0 Å². The molecule has 1 aromatic carbocycles. The van der Waals surface area contributed by atoms with Gasteiger partial charge in [0.2, 0.25) is 11.8 Å². The lowest BCUT2D eigenvalue weighted by Gasteiger charge is -2.30. The number of amides is 2. The normalized spacial score (nSPS) is 15.5. The Labute approximate surface area is 235 Å². The van der Waals surface area contributed by atoms with E-state index >= 15 is 0 Å². The summed E-state index contributed by atoms with van der Waals surface area (Å²) in [5.41, 5.74) is 13.1. The second-order valence-electron chi connectivity index (χ2n) is 11.2. The number of aliphatic hydroxyl groups is 1. The van der Waals surface area contributed by atoms with Crippen molar-refractivity contribution in [3.63, 3.8) is 0 Å². The predicted octanol–water partition coefficient (Wildman–Crippen LogP) is 3.44. The summed E-state index contributed by atoms with van der Waals surface area (Å²) in [5.74, 6) is 0.564. The molecule has 224 valence electrons. The van der Waals surface area contributed by atoms with Gasteiger partial charge in [0.1, 0.15) is 6.04 Å². The summed E-state index contributed by atoms with van der Waals surface area (Å²) in [6.45, 7) is 11.2. The van der Waals surface area contributed by atoms with E-state index in [-0.39, 0.29) is 24.2 Å². The van der Waals surface area contributed by atoms with E-state index in [0.717, 1.165) is 24.8 Å². The molecule has 9 heteroatoms. The summed E-state index contributed by atoms with van der Waals surface area (Å²) in [6.07, 6.45) is 2.70. The lowest BCUT2D eigenvalue weighted by Crippen LogP contribution is -2.49. The molecule has 0 aromatic heterocycles. The van der Waals surface area contributed by atoms with E-state index in [1.807, 2.05) is 39.0 Å². The number of methoxy groups -OCH3 is 2. The fourth-order valence-electron chi connectivity index (χ4n) is 4.72. The number of hydrogen-bond donors (Lipinski definition) is 4. The molecule has 0 saturated heterocycles. The van der Waals surface area contributed by atoms with Crippen LogP contribution in [0.4, 0.5) is 0 Å². The molecule has 39 heavy (non-hydrogen) atoms. The molecule has 1 aromatic rings. The second kappa shape index (κ2) is 18.1. The third-order valence-corrected chi connectivity index (χ3v) is 7.36. The minimum Gasteiger partial charge on any atom is -0.493 e. The highest BCUT2D eigenvalue weighted by Crippen LogP contribution is 2.31. The van der Waals surface area contributed by atoms with Crippen LogP contribution >= 0.6 is 0 Å². The third-order valence-electron chi connectivity index (χ3n) is 7.36. The summed E-state index contributed by atoms with van der Waals surface area (Å²) in [4.78, 5) is 24.7. The topological polar surface area (TPSA) is 146 Å². The highest BCUT2D eigenvalue weighted by molar-refractivity contribution is 5.87. The summed E-state index contributed by atoms with van der Waals surface area (Å²) in [5, 5.41) is 13.8. The van der Waals surface area contributed by atoms with Crippen molar-refractivity contribution in [2.45, 2.75) is 91.3 Å². The molecule has 0 saturated carbocycles. The monoisotopic (exact) mass is 551 g/mol. The van der Waals surface area contributed by atoms with Crippen LogP contribution < -0.4 is 26.3 Å². The van der Waals surface area contributed by atoms with Gasteiger partial charge in [-0.05, 0) is 61.1 Å². The molecule has 0 heterocycles. The Morgan fingerprint density at radius 2 is 1.72 bits per heavy atom. The summed E-state index contributed by atoms with van der Waals surface area (Å²) in [6, 6.07) is 4.74. The summed E-state index contributed by atoms with van der Waals surface area (Å²) < 4.78 is 16.5. The van der Waals surface area contributed by atoms with Crippen molar-refractivity contribution in [1.82, 2.24) is 5.32 Å². The van der Waals surface area contributed by atoms with Crippen molar-refractivity contribution < 1.29 is 28.9 Å². The molecular weight excluding hydrogens is 498 g/mol. The smallest absolute Gasteiger partial charge is 0.239 e. The molecule has 0 fully saturated rings. The standard InChI is InChI=1S/C30H53N3O6/c1-8-10-25(29(32)35)33-30(36)23(20(4)5)18-26(34)24(31)17-22(19(2)3)15-21-11-12-27(38-7)28(16-21)39-14-9-13-37-6/h11-12,16,19-20,22-26,34H,8-10,13-15,17-18,31H2,1-7H3,(H2,32,35)(H,33,36)/t22-,23-,24-,25-,26-/m0/s1. The van der Waals surface area contributed by atoms with Gasteiger partial charge in [-0.1, -0.05) is 47.1 Å². The summed E-state index contributed by atoms with van der Waals surface area (Å²) >= 11 is 0. The molecule has 2 amide bonds. The first-order valence-electron chi connectivity index (χ1n) is 14.3. The maximum absolute atomic E-state index is 13.0. The Bertz CT molecular complexity index is 863. The predicted molar refractivity (Wildman–Crippen MR) is 155 cm³/mol. The first-order valence-corrected chi connectivity index (χ1v) is 14.3. The van der Waals surface area contributed by atoms with Crippen LogP contribution in [0.15, 0.2) is 18.2 Å². The first kappa shape index (κ1) is 34.7. The van der Waals surface area contributed by atoms with Gasteiger partial charge in [-0.2, -0.15) is 0 Å².